The molecule has 1 N–H and O–H groups in total. The number of aromatic nitrogens is 1. The first-order valence-electron chi connectivity index (χ1n) is 6.27. The maximum Gasteiger partial charge on any atom is 0.274 e. The molecule has 0 atom stereocenters. The van der Waals surface area contributed by atoms with Crippen molar-refractivity contribution >= 4 is 5.91 Å². The lowest BCUT2D eigenvalue weighted by molar-refractivity contribution is 0.0948. The van der Waals surface area contributed by atoms with E-state index < -0.39 is 0 Å². The minimum atomic E-state index is -0.204. The standard InChI is InChI=1S/C15H14N2O2/c1-2-9-16-15(18)13-12-8-7-10-5-3-4-6-11(10)14(12)19-17-13/h2-6H,1,7-9H2,(H,16,18). The zero-order valence-corrected chi connectivity index (χ0v) is 10.5. The van der Waals surface area contributed by atoms with Crippen LogP contribution in [0.5, 0.6) is 0 Å². The van der Waals surface area contributed by atoms with Crippen LogP contribution in [-0.2, 0) is 12.8 Å². The van der Waals surface area contributed by atoms with Crippen molar-refractivity contribution in [3.8, 4) is 11.3 Å². The lowest BCUT2D eigenvalue weighted by Crippen LogP contribution is -2.25. The lowest BCUT2D eigenvalue weighted by Gasteiger charge is -2.14. The molecule has 1 aromatic heterocycles. The van der Waals surface area contributed by atoms with Crippen molar-refractivity contribution in [2.75, 3.05) is 6.54 Å². The molecule has 0 bridgehead atoms. The molecule has 4 heteroatoms. The molecule has 1 aliphatic carbocycles. The van der Waals surface area contributed by atoms with Crippen LogP contribution in [0.1, 0.15) is 21.6 Å². The first-order valence-corrected chi connectivity index (χ1v) is 6.27. The second-order valence-electron chi connectivity index (χ2n) is 4.49. The molecule has 0 fully saturated rings. The molecule has 19 heavy (non-hydrogen) atoms. The van der Waals surface area contributed by atoms with Gasteiger partial charge in [0.1, 0.15) is 0 Å². The lowest BCUT2D eigenvalue weighted by atomic mass is 9.89. The fourth-order valence-electron chi connectivity index (χ4n) is 2.40. The summed E-state index contributed by atoms with van der Waals surface area (Å²) in [5.74, 6) is 0.523. The van der Waals surface area contributed by atoms with Crippen LogP contribution in [0.15, 0.2) is 41.4 Å². The van der Waals surface area contributed by atoms with Gasteiger partial charge < -0.3 is 9.84 Å². The van der Waals surface area contributed by atoms with E-state index in [1.54, 1.807) is 6.08 Å². The summed E-state index contributed by atoms with van der Waals surface area (Å²) in [5.41, 5.74) is 3.58. The zero-order valence-electron chi connectivity index (χ0n) is 10.5. The van der Waals surface area contributed by atoms with Gasteiger partial charge in [-0.25, -0.2) is 0 Å². The van der Waals surface area contributed by atoms with Crippen LogP contribution in [0, 0.1) is 0 Å². The van der Waals surface area contributed by atoms with Crippen LogP contribution < -0.4 is 5.32 Å². The fourth-order valence-corrected chi connectivity index (χ4v) is 2.40. The highest BCUT2D eigenvalue weighted by Gasteiger charge is 2.26. The van der Waals surface area contributed by atoms with Crippen molar-refractivity contribution < 1.29 is 9.32 Å². The average molecular weight is 254 g/mol. The third kappa shape index (κ3) is 1.95. The second kappa shape index (κ2) is 4.72. The molecule has 0 radical (unpaired) electrons. The third-order valence-corrected chi connectivity index (χ3v) is 3.32. The van der Waals surface area contributed by atoms with Crippen molar-refractivity contribution in [3.05, 3.63) is 53.7 Å². The topological polar surface area (TPSA) is 55.1 Å². The predicted octanol–water partition coefficient (Wildman–Crippen LogP) is 2.36. The molecule has 1 heterocycles. The van der Waals surface area contributed by atoms with Gasteiger partial charge in [0.2, 0.25) is 0 Å². The normalized spacial score (nSPS) is 12.4. The van der Waals surface area contributed by atoms with Crippen molar-refractivity contribution in [1.29, 1.82) is 0 Å². The van der Waals surface area contributed by atoms with Crippen molar-refractivity contribution in [2.24, 2.45) is 0 Å². The molecule has 3 rings (SSSR count). The van der Waals surface area contributed by atoms with E-state index in [1.807, 2.05) is 18.2 Å². The molecule has 0 saturated heterocycles. The Balaban J connectivity index is 1.99. The first kappa shape index (κ1) is 11.7. The Morgan fingerprint density at radius 2 is 2.26 bits per heavy atom. The number of rotatable bonds is 3. The van der Waals surface area contributed by atoms with Crippen LogP contribution in [0.3, 0.4) is 0 Å². The highest BCUT2D eigenvalue weighted by atomic mass is 16.5. The zero-order chi connectivity index (χ0) is 13.2. The molecule has 4 nitrogen and oxygen atoms in total. The number of benzene rings is 1. The van der Waals surface area contributed by atoms with Gasteiger partial charge in [0.15, 0.2) is 11.5 Å². The maximum atomic E-state index is 12.0. The van der Waals surface area contributed by atoms with Gasteiger partial charge in [0.05, 0.1) is 0 Å². The second-order valence-corrected chi connectivity index (χ2v) is 4.49. The van der Waals surface area contributed by atoms with Gasteiger partial charge in [-0.15, -0.1) is 6.58 Å². The average Bonchev–Trinajstić information content (AvgIpc) is 2.89. The SMILES string of the molecule is C=CCNC(=O)c1noc2c1CCc1ccccc1-2. The Kier molecular flexibility index (Phi) is 2.91. The molecule has 2 aromatic rings. The summed E-state index contributed by atoms with van der Waals surface area (Å²) in [7, 11) is 0. The van der Waals surface area contributed by atoms with Gasteiger partial charge >= 0.3 is 0 Å². The van der Waals surface area contributed by atoms with E-state index >= 15 is 0 Å². The highest BCUT2D eigenvalue weighted by Crippen LogP contribution is 2.34. The molecular weight excluding hydrogens is 240 g/mol. The molecule has 0 aliphatic heterocycles. The van der Waals surface area contributed by atoms with Crippen LogP contribution in [0.25, 0.3) is 11.3 Å². The molecule has 1 aromatic carbocycles. The number of amides is 1. The Labute approximate surface area is 111 Å². The maximum absolute atomic E-state index is 12.0. The number of hydrogen-bond donors (Lipinski definition) is 1. The molecule has 1 aliphatic rings. The van der Waals surface area contributed by atoms with E-state index in [2.05, 4.69) is 23.1 Å². The van der Waals surface area contributed by atoms with Crippen molar-refractivity contribution in [2.45, 2.75) is 12.8 Å². The number of carbonyl (C=O) groups is 1. The summed E-state index contributed by atoms with van der Waals surface area (Å²) in [6.07, 6.45) is 3.33. The van der Waals surface area contributed by atoms with Gasteiger partial charge in [-0.2, -0.15) is 0 Å². The number of nitrogens with one attached hydrogen (secondary N) is 1. The number of nitrogens with zero attached hydrogens (tertiary/aromatic N) is 1. The van der Waals surface area contributed by atoms with E-state index in [4.69, 9.17) is 4.52 Å². The van der Waals surface area contributed by atoms with Crippen molar-refractivity contribution in [1.82, 2.24) is 10.5 Å². The van der Waals surface area contributed by atoms with Gasteiger partial charge in [-0.1, -0.05) is 35.5 Å². The molecule has 96 valence electrons. The first-order chi connectivity index (χ1) is 9.31. The molecule has 0 spiro atoms. The summed E-state index contributed by atoms with van der Waals surface area (Å²) in [6, 6.07) is 8.06. The monoisotopic (exact) mass is 254 g/mol. The summed E-state index contributed by atoms with van der Waals surface area (Å²) < 4.78 is 5.38. The van der Waals surface area contributed by atoms with E-state index in [0.717, 1.165) is 29.7 Å². The summed E-state index contributed by atoms with van der Waals surface area (Å²) in [5, 5.41) is 6.66. The quantitative estimate of drug-likeness (QED) is 0.855. The largest absolute Gasteiger partial charge is 0.355 e. The van der Waals surface area contributed by atoms with E-state index in [-0.39, 0.29) is 5.91 Å². The minimum Gasteiger partial charge on any atom is -0.355 e. The van der Waals surface area contributed by atoms with Gasteiger partial charge in [-0.05, 0) is 18.4 Å². The number of fused-ring (bicyclic) bond motifs is 3. The Hall–Kier alpha value is -2.36. The van der Waals surface area contributed by atoms with E-state index in [1.165, 1.54) is 5.56 Å². The van der Waals surface area contributed by atoms with Crippen molar-refractivity contribution in [3.63, 3.8) is 0 Å². The van der Waals surface area contributed by atoms with Crippen LogP contribution >= 0.6 is 0 Å². The smallest absolute Gasteiger partial charge is 0.274 e. The Morgan fingerprint density at radius 1 is 1.42 bits per heavy atom. The minimum absolute atomic E-state index is 0.204. The van der Waals surface area contributed by atoms with Gasteiger partial charge in [-0.3, -0.25) is 4.79 Å². The Morgan fingerprint density at radius 3 is 3.11 bits per heavy atom. The van der Waals surface area contributed by atoms with Gasteiger partial charge in [0, 0.05) is 17.7 Å². The summed E-state index contributed by atoms with van der Waals surface area (Å²) >= 11 is 0. The summed E-state index contributed by atoms with van der Waals surface area (Å²) in [6.45, 7) is 4.00. The summed E-state index contributed by atoms with van der Waals surface area (Å²) in [4.78, 5) is 12.0. The molecular formula is C15H14N2O2. The van der Waals surface area contributed by atoms with Crippen LogP contribution in [0.2, 0.25) is 0 Å². The Bertz CT molecular complexity index is 643. The predicted molar refractivity (Wildman–Crippen MR) is 71.9 cm³/mol. The van der Waals surface area contributed by atoms with E-state index in [9.17, 15) is 4.79 Å². The highest BCUT2D eigenvalue weighted by molar-refractivity contribution is 5.95. The third-order valence-electron chi connectivity index (χ3n) is 3.32. The molecule has 0 unspecified atom stereocenters. The number of hydrogen-bond acceptors (Lipinski definition) is 3. The fraction of sp³-hybridized carbons (Fsp3) is 0.200. The van der Waals surface area contributed by atoms with Gasteiger partial charge in [0.25, 0.3) is 5.91 Å². The van der Waals surface area contributed by atoms with Crippen LogP contribution in [-0.4, -0.2) is 17.6 Å². The van der Waals surface area contributed by atoms with Crippen LogP contribution in [0.4, 0.5) is 0 Å². The van der Waals surface area contributed by atoms with E-state index in [0.29, 0.717) is 12.2 Å². The number of carbonyl (C=O) groups excluding carboxylic acids is 1. The number of aryl methyl sites for hydroxylation is 1. The molecule has 0 saturated carbocycles. The molecule has 1 amide bonds.